The summed E-state index contributed by atoms with van der Waals surface area (Å²) in [4.78, 5) is 20.2. The van der Waals surface area contributed by atoms with Crippen LogP contribution in [0.5, 0.6) is 11.6 Å². The predicted octanol–water partition coefficient (Wildman–Crippen LogP) is 4.39. The third-order valence-electron chi connectivity index (χ3n) is 4.18. The second-order valence-electron chi connectivity index (χ2n) is 6.22. The molecule has 0 aliphatic carbocycles. The lowest BCUT2D eigenvalue weighted by molar-refractivity contribution is 0.0526. The first-order chi connectivity index (χ1) is 13.5. The van der Waals surface area contributed by atoms with Gasteiger partial charge in [-0.15, -0.1) is 0 Å². The van der Waals surface area contributed by atoms with E-state index in [1.807, 2.05) is 32.0 Å². The number of nitrogen functional groups attached to an aromatic ring is 1. The molecule has 0 spiro atoms. The topological polar surface area (TPSA) is 99.4 Å². The maximum atomic E-state index is 11.9. The van der Waals surface area contributed by atoms with E-state index in [2.05, 4.69) is 15.3 Å². The van der Waals surface area contributed by atoms with Crippen molar-refractivity contribution < 1.29 is 14.3 Å². The van der Waals surface area contributed by atoms with Gasteiger partial charge in [-0.2, -0.15) is 4.98 Å². The largest absolute Gasteiger partial charge is 0.462 e. The zero-order chi connectivity index (χ0) is 20.1. The Kier molecular flexibility index (Phi) is 5.74. The molecule has 0 radical (unpaired) electrons. The van der Waals surface area contributed by atoms with Crippen LogP contribution in [0.25, 0.3) is 0 Å². The van der Waals surface area contributed by atoms with E-state index in [-0.39, 0.29) is 17.5 Å². The molecule has 2 aromatic carbocycles. The van der Waals surface area contributed by atoms with Crippen molar-refractivity contribution in [3.8, 4) is 11.6 Å². The minimum atomic E-state index is -0.388. The minimum Gasteiger partial charge on any atom is -0.462 e. The Bertz CT molecular complexity index is 1000. The average Bonchev–Trinajstić information content (AvgIpc) is 2.68. The molecule has 0 saturated carbocycles. The highest BCUT2D eigenvalue weighted by Gasteiger charge is 2.12. The van der Waals surface area contributed by atoms with Crippen LogP contribution in [0.2, 0.25) is 0 Å². The highest BCUT2D eigenvalue weighted by molar-refractivity contribution is 5.91. The summed E-state index contributed by atoms with van der Waals surface area (Å²) in [7, 11) is 0. The lowest BCUT2D eigenvalue weighted by atomic mass is 10.1. The number of nitrogens with one attached hydrogen (secondary N) is 1. The normalized spacial score (nSPS) is 10.4. The molecule has 3 aromatic rings. The summed E-state index contributed by atoms with van der Waals surface area (Å²) in [5, 5.41) is 3.09. The fourth-order valence-electron chi connectivity index (χ4n) is 2.52. The van der Waals surface area contributed by atoms with E-state index in [1.165, 1.54) is 11.9 Å². The van der Waals surface area contributed by atoms with Crippen molar-refractivity contribution in [2.24, 2.45) is 0 Å². The standard InChI is InChI=1S/C21H22N4O3/c1-4-27-21(26)15-6-5-7-16(11-15)25-19-18(22)20(24-12-23-19)28-17-9-8-13(2)14(3)10-17/h5-12H,4,22H2,1-3H3,(H,23,24,25). The molecule has 7 nitrogen and oxygen atoms in total. The van der Waals surface area contributed by atoms with E-state index in [0.29, 0.717) is 29.4 Å². The molecule has 0 aliphatic heterocycles. The molecule has 3 rings (SSSR count). The van der Waals surface area contributed by atoms with Crippen molar-refractivity contribution in [1.82, 2.24) is 9.97 Å². The highest BCUT2D eigenvalue weighted by Crippen LogP contribution is 2.31. The SMILES string of the molecule is CCOC(=O)c1cccc(Nc2ncnc(Oc3ccc(C)c(C)c3)c2N)c1. The van der Waals surface area contributed by atoms with Crippen LogP contribution in [0, 0.1) is 13.8 Å². The lowest BCUT2D eigenvalue weighted by Crippen LogP contribution is -2.06. The molecule has 144 valence electrons. The summed E-state index contributed by atoms with van der Waals surface area (Å²) in [6, 6.07) is 12.7. The van der Waals surface area contributed by atoms with Gasteiger partial charge in [0, 0.05) is 5.69 Å². The number of nitrogens with zero attached hydrogens (tertiary/aromatic N) is 2. The number of aryl methyl sites for hydroxylation is 2. The zero-order valence-electron chi connectivity index (χ0n) is 16.0. The monoisotopic (exact) mass is 378 g/mol. The first kappa shape index (κ1) is 19.2. The molecule has 0 saturated heterocycles. The van der Waals surface area contributed by atoms with Crippen molar-refractivity contribution in [2.75, 3.05) is 17.7 Å². The second kappa shape index (κ2) is 8.39. The molecule has 0 amide bonds. The number of carbonyl (C=O) groups excluding carboxylic acids is 1. The number of esters is 1. The predicted molar refractivity (Wildman–Crippen MR) is 108 cm³/mol. The Morgan fingerprint density at radius 2 is 1.93 bits per heavy atom. The van der Waals surface area contributed by atoms with E-state index in [1.54, 1.807) is 31.2 Å². The van der Waals surface area contributed by atoms with Crippen LogP contribution < -0.4 is 15.8 Å². The number of aromatic nitrogens is 2. The third kappa shape index (κ3) is 4.37. The van der Waals surface area contributed by atoms with Crippen LogP contribution >= 0.6 is 0 Å². The zero-order valence-corrected chi connectivity index (χ0v) is 16.0. The maximum absolute atomic E-state index is 11.9. The number of benzene rings is 2. The van der Waals surface area contributed by atoms with Gasteiger partial charge in [0.25, 0.3) is 0 Å². The number of ether oxygens (including phenoxy) is 2. The van der Waals surface area contributed by atoms with Gasteiger partial charge in [-0.1, -0.05) is 12.1 Å². The minimum absolute atomic E-state index is 0.252. The van der Waals surface area contributed by atoms with Gasteiger partial charge < -0.3 is 20.5 Å². The van der Waals surface area contributed by atoms with Crippen LogP contribution in [0.1, 0.15) is 28.4 Å². The fraction of sp³-hybridized carbons (Fsp3) is 0.190. The summed E-state index contributed by atoms with van der Waals surface area (Å²) in [5.41, 5.74) is 9.82. The highest BCUT2D eigenvalue weighted by atomic mass is 16.5. The van der Waals surface area contributed by atoms with Crippen LogP contribution in [-0.2, 0) is 4.74 Å². The van der Waals surface area contributed by atoms with Crippen LogP contribution in [0.4, 0.5) is 17.2 Å². The summed E-state index contributed by atoms with van der Waals surface area (Å²) >= 11 is 0. The Balaban J connectivity index is 1.82. The number of hydrogen-bond acceptors (Lipinski definition) is 7. The van der Waals surface area contributed by atoms with Gasteiger partial charge in [0.1, 0.15) is 17.8 Å². The van der Waals surface area contributed by atoms with E-state index in [4.69, 9.17) is 15.2 Å². The van der Waals surface area contributed by atoms with E-state index in [0.717, 1.165) is 5.56 Å². The van der Waals surface area contributed by atoms with Gasteiger partial charge in [0.2, 0.25) is 5.88 Å². The van der Waals surface area contributed by atoms with E-state index >= 15 is 0 Å². The molecule has 0 unspecified atom stereocenters. The van der Waals surface area contributed by atoms with Gasteiger partial charge in [0.05, 0.1) is 12.2 Å². The molecule has 0 fully saturated rings. The maximum Gasteiger partial charge on any atom is 0.338 e. The Labute approximate surface area is 163 Å². The molecule has 28 heavy (non-hydrogen) atoms. The second-order valence-corrected chi connectivity index (χ2v) is 6.22. The number of hydrogen-bond donors (Lipinski definition) is 2. The van der Waals surface area contributed by atoms with Crippen molar-refractivity contribution >= 4 is 23.2 Å². The van der Waals surface area contributed by atoms with Gasteiger partial charge in [-0.05, 0) is 62.2 Å². The Hall–Kier alpha value is -3.61. The summed E-state index contributed by atoms with van der Waals surface area (Å²) in [6.45, 7) is 6.12. The van der Waals surface area contributed by atoms with Gasteiger partial charge >= 0.3 is 5.97 Å². The van der Waals surface area contributed by atoms with Crippen molar-refractivity contribution in [2.45, 2.75) is 20.8 Å². The molecule has 1 heterocycles. The van der Waals surface area contributed by atoms with Crippen molar-refractivity contribution in [3.05, 3.63) is 65.5 Å². The first-order valence-electron chi connectivity index (χ1n) is 8.87. The van der Waals surface area contributed by atoms with Gasteiger partial charge in [0.15, 0.2) is 5.82 Å². The average molecular weight is 378 g/mol. The van der Waals surface area contributed by atoms with E-state index < -0.39 is 0 Å². The number of carbonyl (C=O) groups is 1. The molecular formula is C21H22N4O3. The van der Waals surface area contributed by atoms with Gasteiger partial charge in [-0.25, -0.2) is 9.78 Å². The first-order valence-corrected chi connectivity index (χ1v) is 8.87. The molecule has 0 aliphatic rings. The van der Waals surface area contributed by atoms with Gasteiger partial charge in [-0.3, -0.25) is 0 Å². The van der Waals surface area contributed by atoms with Crippen molar-refractivity contribution in [3.63, 3.8) is 0 Å². The Morgan fingerprint density at radius 1 is 1.11 bits per heavy atom. The molecule has 0 bridgehead atoms. The quantitative estimate of drug-likeness (QED) is 0.614. The number of anilines is 3. The molecular weight excluding hydrogens is 356 g/mol. The molecule has 0 atom stereocenters. The summed E-state index contributed by atoms with van der Waals surface area (Å²) in [5.74, 6) is 0.890. The van der Waals surface area contributed by atoms with Crippen LogP contribution in [0.3, 0.4) is 0 Å². The summed E-state index contributed by atoms with van der Waals surface area (Å²) in [6.07, 6.45) is 1.37. The fourth-order valence-corrected chi connectivity index (χ4v) is 2.52. The number of rotatable bonds is 6. The molecule has 7 heteroatoms. The third-order valence-corrected chi connectivity index (χ3v) is 4.18. The summed E-state index contributed by atoms with van der Waals surface area (Å²) < 4.78 is 10.9. The van der Waals surface area contributed by atoms with E-state index in [9.17, 15) is 4.79 Å². The molecule has 3 N–H and O–H groups in total. The molecule has 1 aromatic heterocycles. The smallest absolute Gasteiger partial charge is 0.338 e. The van der Waals surface area contributed by atoms with Crippen LogP contribution in [-0.4, -0.2) is 22.5 Å². The van der Waals surface area contributed by atoms with Crippen LogP contribution in [0.15, 0.2) is 48.8 Å². The number of nitrogens with two attached hydrogens (primary N) is 1. The Morgan fingerprint density at radius 3 is 2.68 bits per heavy atom. The van der Waals surface area contributed by atoms with Crippen molar-refractivity contribution in [1.29, 1.82) is 0 Å². The lowest BCUT2D eigenvalue weighted by Gasteiger charge is -2.13.